The van der Waals surface area contributed by atoms with E-state index in [1.807, 2.05) is 0 Å². The highest BCUT2D eigenvalue weighted by Gasteiger charge is 2.19. The topological polar surface area (TPSA) is 48.4 Å². The fourth-order valence-electron chi connectivity index (χ4n) is 1.11. The predicted octanol–water partition coefficient (Wildman–Crippen LogP) is 2.43. The smallest absolute Gasteiger partial charge is 0.343 e. The van der Waals surface area contributed by atoms with E-state index in [4.69, 9.17) is 16.3 Å². The number of ether oxygens (including phenoxy) is 2. The largest absolute Gasteiger partial charge is 0.480 e. The number of alkyl halides is 1. The number of halogens is 2. The summed E-state index contributed by atoms with van der Waals surface area (Å²) in [5.41, 5.74) is 0.972. The summed E-state index contributed by atoms with van der Waals surface area (Å²) in [6, 6.07) is 1.59. The Balaban J connectivity index is 3.36. The van der Waals surface area contributed by atoms with Gasteiger partial charge >= 0.3 is 5.97 Å². The van der Waals surface area contributed by atoms with Gasteiger partial charge in [-0.2, -0.15) is 0 Å². The zero-order valence-electron chi connectivity index (χ0n) is 8.21. The number of nitrogens with zero attached hydrogens (tertiary/aromatic N) is 1. The zero-order valence-corrected chi connectivity index (χ0v) is 10.6. The van der Waals surface area contributed by atoms with Crippen LogP contribution in [0.3, 0.4) is 0 Å². The standard InChI is InChI=1S/C9H9BrClNO3/c1-14-8-7(9(13)15-2)5(4-10)3-6(11)12-8/h3H,4H2,1-2H3. The molecule has 0 aliphatic carbocycles. The van der Waals surface area contributed by atoms with Crippen LogP contribution in [-0.2, 0) is 10.1 Å². The number of carbonyl (C=O) groups is 1. The van der Waals surface area contributed by atoms with Crippen LogP contribution in [0, 0.1) is 0 Å². The molecular formula is C9H9BrClNO3. The van der Waals surface area contributed by atoms with Gasteiger partial charge in [-0.25, -0.2) is 9.78 Å². The van der Waals surface area contributed by atoms with Crippen LogP contribution < -0.4 is 4.74 Å². The second-order valence-corrected chi connectivity index (χ2v) is 3.56. The molecule has 0 bridgehead atoms. The molecule has 0 radical (unpaired) electrons. The van der Waals surface area contributed by atoms with Gasteiger partial charge in [-0.3, -0.25) is 0 Å². The molecule has 1 aromatic heterocycles. The molecule has 82 valence electrons. The molecule has 0 spiro atoms. The highest BCUT2D eigenvalue weighted by molar-refractivity contribution is 9.08. The molecule has 0 fully saturated rings. The van der Waals surface area contributed by atoms with Gasteiger partial charge in [0.2, 0.25) is 5.88 Å². The lowest BCUT2D eigenvalue weighted by molar-refractivity contribution is 0.0595. The highest BCUT2D eigenvalue weighted by Crippen LogP contribution is 2.26. The molecule has 4 nitrogen and oxygen atoms in total. The van der Waals surface area contributed by atoms with Crippen molar-refractivity contribution in [1.29, 1.82) is 0 Å². The van der Waals surface area contributed by atoms with Crippen molar-refractivity contribution in [2.75, 3.05) is 14.2 Å². The third-order valence-electron chi connectivity index (χ3n) is 1.76. The summed E-state index contributed by atoms with van der Waals surface area (Å²) in [6.45, 7) is 0. The summed E-state index contributed by atoms with van der Waals surface area (Å²) >= 11 is 9.02. The fourth-order valence-corrected chi connectivity index (χ4v) is 1.76. The van der Waals surface area contributed by atoms with E-state index in [2.05, 4.69) is 25.7 Å². The van der Waals surface area contributed by atoms with E-state index >= 15 is 0 Å². The van der Waals surface area contributed by atoms with Crippen LogP contribution in [0.1, 0.15) is 15.9 Å². The van der Waals surface area contributed by atoms with E-state index in [1.54, 1.807) is 6.07 Å². The van der Waals surface area contributed by atoms with Gasteiger partial charge in [0.25, 0.3) is 0 Å². The summed E-state index contributed by atoms with van der Waals surface area (Å²) in [6.07, 6.45) is 0. The molecule has 1 heterocycles. The van der Waals surface area contributed by atoms with Crippen molar-refractivity contribution < 1.29 is 14.3 Å². The van der Waals surface area contributed by atoms with Crippen molar-refractivity contribution in [1.82, 2.24) is 4.98 Å². The van der Waals surface area contributed by atoms with Crippen molar-refractivity contribution in [2.24, 2.45) is 0 Å². The number of hydrogen-bond acceptors (Lipinski definition) is 4. The molecule has 0 aromatic carbocycles. The molecule has 0 N–H and O–H groups in total. The lowest BCUT2D eigenvalue weighted by Crippen LogP contribution is -2.09. The van der Waals surface area contributed by atoms with E-state index in [0.717, 1.165) is 0 Å². The lowest BCUT2D eigenvalue weighted by Gasteiger charge is -2.09. The van der Waals surface area contributed by atoms with Crippen LogP contribution in [0.25, 0.3) is 0 Å². The third kappa shape index (κ3) is 2.60. The minimum absolute atomic E-state index is 0.170. The number of methoxy groups -OCH3 is 2. The van der Waals surface area contributed by atoms with Gasteiger partial charge in [0.05, 0.1) is 14.2 Å². The molecule has 0 aliphatic rings. The summed E-state index contributed by atoms with van der Waals surface area (Å²) in [7, 11) is 2.72. The van der Waals surface area contributed by atoms with Gasteiger partial charge in [0.1, 0.15) is 10.7 Å². The lowest BCUT2D eigenvalue weighted by atomic mass is 10.1. The Hall–Kier alpha value is -0.810. The normalized spacial score (nSPS) is 9.87. The molecule has 1 rings (SSSR count). The summed E-state index contributed by atoms with van der Waals surface area (Å²) < 4.78 is 9.61. The minimum atomic E-state index is -0.495. The minimum Gasteiger partial charge on any atom is -0.480 e. The number of carbonyl (C=O) groups excluding carboxylic acids is 1. The maximum atomic E-state index is 11.5. The monoisotopic (exact) mass is 293 g/mol. The Bertz CT molecular complexity index is 359. The molecule has 15 heavy (non-hydrogen) atoms. The molecule has 0 amide bonds. The molecule has 6 heteroatoms. The summed E-state index contributed by atoms with van der Waals surface area (Å²) in [5.74, 6) is -0.325. The van der Waals surface area contributed by atoms with E-state index in [9.17, 15) is 4.79 Å². The average molecular weight is 295 g/mol. The Labute approximate surface area is 101 Å². The number of rotatable bonds is 3. The fraction of sp³-hybridized carbons (Fsp3) is 0.333. The number of esters is 1. The van der Waals surface area contributed by atoms with Crippen molar-refractivity contribution in [3.63, 3.8) is 0 Å². The molecule has 0 atom stereocenters. The Morgan fingerprint density at radius 3 is 2.73 bits per heavy atom. The van der Waals surface area contributed by atoms with Crippen LogP contribution >= 0.6 is 27.5 Å². The molecule has 0 unspecified atom stereocenters. The van der Waals surface area contributed by atoms with Crippen LogP contribution in [0.4, 0.5) is 0 Å². The Morgan fingerprint density at radius 2 is 2.27 bits per heavy atom. The van der Waals surface area contributed by atoms with Gasteiger partial charge in [0, 0.05) is 5.33 Å². The van der Waals surface area contributed by atoms with Crippen molar-refractivity contribution in [2.45, 2.75) is 5.33 Å². The molecule has 1 aromatic rings. The first kappa shape index (κ1) is 12.3. The summed E-state index contributed by atoms with van der Waals surface area (Å²) in [5, 5.41) is 0.740. The van der Waals surface area contributed by atoms with Gasteiger partial charge in [-0.1, -0.05) is 27.5 Å². The van der Waals surface area contributed by atoms with Crippen LogP contribution in [-0.4, -0.2) is 25.2 Å². The van der Waals surface area contributed by atoms with E-state index in [0.29, 0.717) is 16.5 Å². The van der Waals surface area contributed by atoms with Crippen molar-refractivity contribution in [3.05, 3.63) is 22.3 Å². The highest BCUT2D eigenvalue weighted by atomic mass is 79.9. The first-order valence-corrected chi connectivity index (χ1v) is 5.51. The van der Waals surface area contributed by atoms with E-state index < -0.39 is 5.97 Å². The van der Waals surface area contributed by atoms with Crippen molar-refractivity contribution >= 4 is 33.5 Å². The van der Waals surface area contributed by atoms with E-state index in [-0.39, 0.29) is 11.0 Å². The van der Waals surface area contributed by atoms with Crippen LogP contribution in [0.15, 0.2) is 6.07 Å². The van der Waals surface area contributed by atoms with Crippen LogP contribution in [0.2, 0.25) is 5.15 Å². The summed E-state index contributed by atoms with van der Waals surface area (Å²) in [4.78, 5) is 15.4. The predicted molar refractivity (Wildman–Crippen MR) is 59.8 cm³/mol. The maximum Gasteiger partial charge on any atom is 0.343 e. The molecule has 0 aliphatic heterocycles. The molecule has 0 saturated carbocycles. The maximum absolute atomic E-state index is 11.5. The van der Waals surface area contributed by atoms with Gasteiger partial charge in [0.15, 0.2) is 0 Å². The van der Waals surface area contributed by atoms with E-state index in [1.165, 1.54) is 14.2 Å². The molecule has 0 saturated heterocycles. The van der Waals surface area contributed by atoms with Gasteiger partial charge in [-0.15, -0.1) is 0 Å². The number of aromatic nitrogens is 1. The Kier molecular flexibility index (Phi) is 4.35. The quantitative estimate of drug-likeness (QED) is 0.488. The number of pyridine rings is 1. The first-order chi connectivity index (χ1) is 7.13. The second kappa shape index (κ2) is 5.32. The van der Waals surface area contributed by atoms with Crippen LogP contribution in [0.5, 0.6) is 5.88 Å². The SMILES string of the molecule is COC(=O)c1c(CBr)cc(Cl)nc1OC. The second-order valence-electron chi connectivity index (χ2n) is 2.61. The number of hydrogen-bond donors (Lipinski definition) is 0. The van der Waals surface area contributed by atoms with Gasteiger partial charge < -0.3 is 9.47 Å². The third-order valence-corrected chi connectivity index (χ3v) is 2.56. The van der Waals surface area contributed by atoms with Gasteiger partial charge in [-0.05, 0) is 11.6 Å². The zero-order chi connectivity index (χ0) is 11.4. The average Bonchev–Trinajstić information content (AvgIpc) is 2.26. The Morgan fingerprint density at radius 1 is 1.60 bits per heavy atom. The first-order valence-electron chi connectivity index (χ1n) is 4.01. The van der Waals surface area contributed by atoms with Crippen molar-refractivity contribution in [3.8, 4) is 5.88 Å². The molecular weight excluding hydrogens is 285 g/mol.